The molecule has 0 aliphatic carbocycles. The van der Waals surface area contributed by atoms with E-state index in [0.29, 0.717) is 38.0 Å². The van der Waals surface area contributed by atoms with Crippen LogP contribution in [0.15, 0.2) is 76.3 Å². The number of hydrogen-bond donors (Lipinski definition) is 2. The average Bonchev–Trinajstić information content (AvgIpc) is 3.32. The van der Waals surface area contributed by atoms with E-state index in [1.165, 1.54) is 12.1 Å². The van der Waals surface area contributed by atoms with Crippen LogP contribution in [0.25, 0.3) is 0 Å². The number of para-hydroxylation sites is 2. The van der Waals surface area contributed by atoms with Crippen LogP contribution in [0.5, 0.6) is 11.5 Å². The zero-order chi connectivity index (χ0) is 21.5. The van der Waals surface area contributed by atoms with Crippen LogP contribution in [-0.2, 0) is 13.1 Å². The molecule has 0 saturated heterocycles. The van der Waals surface area contributed by atoms with Gasteiger partial charge in [-0.2, -0.15) is 0 Å². The van der Waals surface area contributed by atoms with Gasteiger partial charge in [0.15, 0.2) is 17.5 Å². The first-order chi connectivity index (χ1) is 15.2. The van der Waals surface area contributed by atoms with Crippen LogP contribution in [0.1, 0.15) is 11.3 Å². The number of aliphatic imine (C=N–C) groups is 1. The largest absolute Gasteiger partial charge is 0.486 e. The van der Waals surface area contributed by atoms with E-state index in [2.05, 4.69) is 15.6 Å². The molecule has 0 radical (unpaired) electrons. The summed E-state index contributed by atoms with van der Waals surface area (Å²) in [6, 6.07) is 17.6. The monoisotopic (exact) mass is 550 g/mol. The molecular weight excluding hydrogens is 527 g/mol. The van der Waals surface area contributed by atoms with Gasteiger partial charge in [-0.25, -0.2) is 4.99 Å². The van der Waals surface area contributed by atoms with Gasteiger partial charge < -0.3 is 24.5 Å². The van der Waals surface area contributed by atoms with E-state index in [1.807, 2.05) is 36.4 Å². The van der Waals surface area contributed by atoms with E-state index in [0.717, 1.165) is 17.1 Å². The smallest absolute Gasteiger partial charge is 0.269 e. The van der Waals surface area contributed by atoms with Gasteiger partial charge in [0.25, 0.3) is 5.69 Å². The zero-order valence-electron chi connectivity index (χ0n) is 17.1. The Hall–Kier alpha value is -3.28. The predicted molar refractivity (Wildman–Crippen MR) is 130 cm³/mol. The maximum Gasteiger partial charge on any atom is 0.269 e. The number of halogens is 1. The van der Waals surface area contributed by atoms with Crippen molar-refractivity contribution < 1.29 is 18.8 Å². The Morgan fingerprint density at radius 2 is 1.84 bits per heavy atom. The summed E-state index contributed by atoms with van der Waals surface area (Å²) in [6.45, 7) is 1.73. The lowest BCUT2D eigenvalue weighted by atomic mass is 10.2. The van der Waals surface area contributed by atoms with Gasteiger partial charge in [-0.15, -0.1) is 24.0 Å². The van der Waals surface area contributed by atoms with Crippen LogP contribution in [-0.4, -0.2) is 30.1 Å². The van der Waals surface area contributed by atoms with E-state index in [9.17, 15) is 10.1 Å². The first-order valence-corrected chi connectivity index (χ1v) is 9.84. The molecule has 10 heteroatoms. The summed E-state index contributed by atoms with van der Waals surface area (Å²) in [5.74, 6) is 2.79. The molecule has 1 unspecified atom stereocenters. The van der Waals surface area contributed by atoms with Crippen molar-refractivity contribution in [1.82, 2.24) is 10.6 Å². The van der Waals surface area contributed by atoms with Crippen molar-refractivity contribution in [2.75, 3.05) is 13.2 Å². The second-order valence-corrected chi connectivity index (χ2v) is 6.90. The number of rotatable bonds is 7. The van der Waals surface area contributed by atoms with Crippen LogP contribution < -0.4 is 20.1 Å². The number of benzene rings is 2. The highest BCUT2D eigenvalue weighted by Crippen LogP contribution is 2.30. The van der Waals surface area contributed by atoms with Crippen LogP contribution in [0.4, 0.5) is 5.69 Å². The lowest BCUT2D eigenvalue weighted by Crippen LogP contribution is -2.45. The average molecular weight is 550 g/mol. The van der Waals surface area contributed by atoms with Gasteiger partial charge in [0.05, 0.1) is 30.8 Å². The molecule has 2 aromatic carbocycles. The molecule has 0 spiro atoms. The predicted octanol–water partition coefficient (Wildman–Crippen LogP) is 3.88. The van der Waals surface area contributed by atoms with E-state index >= 15 is 0 Å². The fourth-order valence-corrected chi connectivity index (χ4v) is 3.03. The van der Waals surface area contributed by atoms with E-state index in [1.54, 1.807) is 18.4 Å². The summed E-state index contributed by atoms with van der Waals surface area (Å²) < 4.78 is 17.1. The molecule has 32 heavy (non-hydrogen) atoms. The van der Waals surface area contributed by atoms with Crippen LogP contribution in [0.3, 0.4) is 0 Å². The highest BCUT2D eigenvalue weighted by Gasteiger charge is 2.20. The van der Waals surface area contributed by atoms with Crippen LogP contribution in [0, 0.1) is 10.1 Å². The number of nitro benzene ring substituents is 1. The summed E-state index contributed by atoms with van der Waals surface area (Å²) >= 11 is 0. The highest BCUT2D eigenvalue weighted by molar-refractivity contribution is 14.0. The van der Waals surface area contributed by atoms with Gasteiger partial charge >= 0.3 is 0 Å². The van der Waals surface area contributed by atoms with Gasteiger partial charge in [0.1, 0.15) is 18.5 Å². The molecule has 168 valence electrons. The Labute approximate surface area is 202 Å². The zero-order valence-corrected chi connectivity index (χ0v) is 19.4. The van der Waals surface area contributed by atoms with Gasteiger partial charge in [-0.05, 0) is 29.8 Å². The first kappa shape index (κ1) is 23.4. The fraction of sp³-hybridized carbons (Fsp3) is 0.227. The molecular formula is C22H23IN4O5. The first-order valence-electron chi connectivity index (χ1n) is 9.84. The van der Waals surface area contributed by atoms with Crippen molar-refractivity contribution in [3.05, 3.63) is 88.4 Å². The minimum Gasteiger partial charge on any atom is -0.486 e. The molecule has 2 N–H and O–H groups in total. The molecule has 2 heterocycles. The summed E-state index contributed by atoms with van der Waals surface area (Å²) in [7, 11) is 0. The number of fused-ring (bicyclic) bond motifs is 1. The summed E-state index contributed by atoms with van der Waals surface area (Å²) in [4.78, 5) is 15.0. The summed E-state index contributed by atoms with van der Waals surface area (Å²) in [6.07, 6.45) is 1.44. The van der Waals surface area contributed by atoms with Gasteiger partial charge in [-0.1, -0.05) is 24.3 Å². The molecule has 0 bridgehead atoms. The molecule has 1 aliphatic rings. The summed E-state index contributed by atoms with van der Waals surface area (Å²) in [5.41, 5.74) is 0.910. The van der Waals surface area contributed by atoms with E-state index in [-0.39, 0.29) is 35.8 Å². The molecule has 4 rings (SSSR count). The lowest BCUT2D eigenvalue weighted by molar-refractivity contribution is -0.384. The second kappa shape index (κ2) is 11.4. The Bertz CT molecular complexity index is 1040. The van der Waals surface area contributed by atoms with Crippen molar-refractivity contribution in [3.63, 3.8) is 0 Å². The number of ether oxygens (including phenoxy) is 2. The van der Waals surface area contributed by atoms with Crippen LogP contribution in [0.2, 0.25) is 0 Å². The molecule has 0 saturated carbocycles. The van der Waals surface area contributed by atoms with Crippen molar-refractivity contribution in [2.24, 2.45) is 4.99 Å². The normalized spacial score (nSPS) is 14.9. The van der Waals surface area contributed by atoms with Gasteiger partial charge in [0.2, 0.25) is 0 Å². The van der Waals surface area contributed by atoms with Crippen molar-refractivity contribution >= 4 is 35.6 Å². The van der Waals surface area contributed by atoms with Crippen LogP contribution >= 0.6 is 24.0 Å². The van der Waals surface area contributed by atoms with Gasteiger partial charge in [-0.3, -0.25) is 10.1 Å². The number of nitro groups is 1. The number of nitrogens with one attached hydrogen (secondary N) is 2. The maximum absolute atomic E-state index is 10.8. The Morgan fingerprint density at radius 3 is 2.56 bits per heavy atom. The number of hydrogen-bond acceptors (Lipinski definition) is 6. The Kier molecular flexibility index (Phi) is 8.31. The SMILES string of the molecule is I.O=[N+]([O-])c1ccc(CN=C(NCc2ccco2)NCC2COc3ccccc3O2)cc1. The number of non-ortho nitro benzene ring substituents is 1. The number of guanidine groups is 1. The maximum atomic E-state index is 10.8. The van der Waals surface area contributed by atoms with E-state index in [4.69, 9.17) is 13.9 Å². The highest BCUT2D eigenvalue weighted by atomic mass is 127. The molecule has 1 aliphatic heterocycles. The minimum atomic E-state index is -0.421. The number of nitrogens with zero attached hydrogens (tertiary/aromatic N) is 2. The molecule has 1 aromatic heterocycles. The minimum absolute atomic E-state index is 0. The Balaban J connectivity index is 0.00000289. The third-order valence-corrected chi connectivity index (χ3v) is 4.64. The standard InChI is InChI=1S/C22H22N4O5.HI/c27-26(28)17-9-7-16(8-10-17)12-23-22(24-13-18-4-3-11-29-18)25-14-19-15-30-20-5-1-2-6-21(20)31-19;/h1-11,19H,12-15H2,(H2,23,24,25);1H. The number of furan rings is 1. The van der Waals surface area contributed by atoms with Crippen molar-refractivity contribution in [3.8, 4) is 11.5 Å². The molecule has 0 fully saturated rings. The van der Waals surface area contributed by atoms with Crippen molar-refractivity contribution in [1.29, 1.82) is 0 Å². The Morgan fingerprint density at radius 1 is 1.06 bits per heavy atom. The lowest BCUT2D eigenvalue weighted by Gasteiger charge is -2.27. The van der Waals surface area contributed by atoms with E-state index < -0.39 is 4.92 Å². The quantitative estimate of drug-likeness (QED) is 0.151. The summed E-state index contributed by atoms with van der Waals surface area (Å²) in [5, 5.41) is 17.3. The molecule has 3 aromatic rings. The fourth-order valence-electron chi connectivity index (χ4n) is 3.03. The topological polar surface area (TPSA) is 111 Å². The molecule has 1 atom stereocenters. The molecule has 9 nitrogen and oxygen atoms in total. The molecule has 0 amide bonds. The van der Waals surface area contributed by atoms with Crippen molar-refractivity contribution in [2.45, 2.75) is 19.2 Å². The second-order valence-electron chi connectivity index (χ2n) is 6.90. The van der Waals surface area contributed by atoms with Gasteiger partial charge in [0, 0.05) is 12.1 Å². The third-order valence-electron chi connectivity index (χ3n) is 4.64. The third kappa shape index (κ3) is 6.36.